The molecule has 0 spiro atoms. The molecule has 40 heavy (non-hydrogen) atoms. The van der Waals surface area contributed by atoms with Gasteiger partial charge in [-0.1, -0.05) is 18.9 Å². The number of nitrogens with one attached hydrogen (secondary N) is 3. The standard InChI is InChI=1S/C28H34N6O6/c1-18-12-23(25(35)34-10-8-29-9-11-34)30-22(24(18)39-3)6-7-28(26(36)31-27(37)32-28)16-33-14-19-4-5-21(38-2)13-20(19)15-40-17-33/h4-5,13,18,29H,8-12,14-17H2,1-3H3,(H2,31,32,36,37). The summed E-state index contributed by atoms with van der Waals surface area (Å²) in [5, 5.41) is 8.27. The third kappa shape index (κ3) is 5.67. The van der Waals surface area contributed by atoms with E-state index < -0.39 is 17.5 Å². The third-order valence-corrected chi connectivity index (χ3v) is 7.43. The Hall–Kier alpha value is -3.92. The summed E-state index contributed by atoms with van der Waals surface area (Å²) >= 11 is 0. The monoisotopic (exact) mass is 550 g/mol. The van der Waals surface area contributed by atoms with Crippen molar-refractivity contribution in [2.75, 3.05) is 53.7 Å². The zero-order chi connectivity index (χ0) is 28.3. The number of rotatable bonds is 5. The molecule has 0 radical (unpaired) electrons. The second-order valence-corrected chi connectivity index (χ2v) is 10.3. The van der Waals surface area contributed by atoms with Gasteiger partial charge in [0.05, 0.1) is 27.6 Å². The summed E-state index contributed by atoms with van der Waals surface area (Å²) in [7, 11) is 3.15. The van der Waals surface area contributed by atoms with E-state index in [0.717, 1.165) is 30.0 Å². The lowest BCUT2D eigenvalue weighted by Crippen LogP contribution is -2.54. The number of hydrogen-bond acceptors (Lipinski definition) is 9. The van der Waals surface area contributed by atoms with Gasteiger partial charge in [0.1, 0.15) is 17.2 Å². The maximum absolute atomic E-state index is 13.2. The number of piperazine rings is 1. The smallest absolute Gasteiger partial charge is 0.323 e. The summed E-state index contributed by atoms with van der Waals surface area (Å²) in [4.78, 5) is 46.9. The highest BCUT2D eigenvalue weighted by Crippen LogP contribution is 2.28. The van der Waals surface area contributed by atoms with E-state index in [1.807, 2.05) is 30.0 Å². The molecule has 212 valence electrons. The Balaban J connectivity index is 1.44. The Morgan fingerprint density at radius 3 is 2.70 bits per heavy atom. The quantitative estimate of drug-likeness (QED) is 0.353. The van der Waals surface area contributed by atoms with Crippen LogP contribution in [0.15, 0.2) is 34.6 Å². The van der Waals surface area contributed by atoms with Gasteiger partial charge in [-0.3, -0.25) is 19.8 Å². The number of amides is 4. The van der Waals surface area contributed by atoms with Crippen LogP contribution in [0.25, 0.3) is 0 Å². The van der Waals surface area contributed by atoms with Crippen molar-refractivity contribution in [2.45, 2.75) is 32.0 Å². The Morgan fingerprint density at radius 2 is 2.00 bits per heavy atom. The Bertz CT molecular complexity index is 1320. The van der Waals surface area contributed by atoms with E-state index >= 15 is 0 Å². The highest BCUT2D eigenvalue weighted by Gasteiger charge is 2.47. The number of hydrogen-bond donors (Lipinski definition) is 3. The molecule has 5 rings (SSSR count). The first kappa shape index (κ1) is 27.6. The van der Waals surface area contributed by atoms with Crippen LogP contribution in [0.4, 0.5) is 4.79 Å². The average molecular weight is 551 g/mol. The molecular weight excluding hydrogens is 516 g/mol. The van der Waals surface area contributed by atoms with Crippen molar-refractivity contribution in [3.63, 3.8) is 0 Å². The molecular formula is C28H34N6O6. The first-order chi connectivity index (χ1) is 19.3. The Labute approximate surface area is 233 Å². The highest BCUT2D eigenvalue weighted by molar-refractivity contribution is 6.39. The van der Waals surface area contributed by atoms with Crippen LogP contribution in [0.1, 0.15) is 24.5 Å². The lowest BCUT2D eigenvalue weighted by atomic mass is 9.95. The number of carbonyl (C=O) groups excluding carboxylic acids is 3. The number of nitrogens with zero attached hydrogens (tertiary/aromatic N) is 3. The van der Waals surface area contributed by atoms with Gasteiger partial charge in [-0.05, 0) is 29.2 Å². The number of ether oxygens (including phenoxy) is 3. The van der Waals surface area contributed by atoms with E-state index in [-0.39, 0.29) is 30.8 Å². The number of methoxy groups -OCH3 is 2. The maximum Gasteiger partial charge on any atom is 0.323 e. The van der Waals surface area contributed by atoms with Gasteiger partial charge in [-0.25, -0.2) is 9.79 Å². The first-order valence-electron chi connectivity index (χ1n) is 13.3. The molecule has 2 unspecified atom stereocenters. The van der Waals surface area contributed by atoms with Gasteiger partial charge in [-0.2, -0.15) is 0 Å². The minimum Gasteiger partial charge on any atom is -0.498 e. The fourth-order valence-corrected chi connectivity index (χ4v) is 5.35. The molecule has 4 aliphatic heterocycles. The largest absolute Gasteiger partial charge is 0.498 e. The second kappa shape index (κ2) is 11.7. The average Bonchev–Trinajstić information content (AvgIpc) is 3.10. The van der Waals surface area contributed by atoms with Crippen LogP contribution in [0.3, 0.4) is 0 Å². The molecule has 1 aromatic carbocycles. The predicted molar refractivity (Wildman–Crippen MR) is 145 cm³/mol. The topological polar surface area (TPSA) is 134 Å². The van der Waals surface area contributed by atoms with Gasteiger partial charge < -0.3 is 29.7 Å². The molecule has 4 aliphatic rings. The molecule has 0 bridgehead atoms. The fraction of sp³-hybridized carbons (Fsp3) is 0.500. The van der Waals surface area contributed by atoms with Crippen molar-refractivity contribution in [1.29, 1.82) is 0 Å². The summed E-state index contributed by atoms with van der Waals surface area (Å²) in [6, 6.07) is 5.14. The number of fused-ring (bicyclic) bond motifs is 1. The van der Waals surface area contributed by atoms with Crippen LogP contribution in [0, 0.1) is 17.8 Å². The Morgan fingerprint density at radius 1 is 1.20 bits per heavy atom. The number of aliphatic imine (C=N–C) groups is 1. The minimum atomic E-state index is -1.55. The zero-order valence-electron chi connectivity index (χ0n) is 23.0. The molecule has 1 aromatic rings. The maximum atomic E-state index is 13.2. The number of carbonyl (C=O) groups is 3. The first-order valence-corrected chi connectivity index (χ1v) is 13.3. The van der Waals surface area contributed by atoms with Crippen LogP contribution in [0.2, 0.25) is 0 Å². The summed E-state index contributed by atoms with van der Waals surface area (Å²) in [6.45, 7) is 5.80. The number of imide groups is 1. The van der Waals surface area contributed by atoms with Gasteiger partial charge >= 0.3 is 6.03 Å². The molecule has 3 N–H and O–H groups in total. The lowest BCUT2D eigenvalue weighted by Gasteiger charge is -2.30. The van der Waals surface area contributed by atoms with E-state index in [2.05, 4.69) is 32.8 Å². The molecule has 2 fully saturated rings. The van der Waals surface area contributed by atoms with E-state index in [1.54, 1.807) is 12.0 Å². The normalized spacial score (nSPS) is 25.1. The number of allylic oxidation sites excluding steroid dienone is 2. The van der Waals surface area contributed by atoms with E-state index in [0.29, 0.717) is 44.1 Å². The molecule has 0 aliphatic carbocycles. The third-order valence-electron chi connectivity index (χ3n) is 7.43. The van der Waals surface area contributed by atoms with E-state index in [1.165, 1.54) is 7.11 Å². The van der Waals surface area contributed by atoms with Crippen molar-refractivity contribution < 1.29 is 28.6 Å². The molecule has 2 saturated heterocycles. The fourth-order valence-electron chi connectivity index (χ4n) is 5.35. The summed E-state index contributed by atoms with van der Waals surface area (Å²) in [5.74, 6) is 6.42. The van der Waals surface area contributed by atoms with Crippen molar-refractivity contribution in [1.82, 2.24) is 25.8 Å². The van der Waals surface area contributed by atoms with Crippen molar-refractivity contribution >= 4 is 23.6 Å². The molecule has 0 aromatic heterocycles. The van der Waals surface area contributed by atoms with Crippen molar-refractivity contribution in [3.8, 4) is 17.6 Å². The summed E-state index contributed by atoms with van der Waals surface area (Å²) in [5.41, 5.74) is 1.14. The molecule has 12 nitrogen and oxygen atoms in total. The molecule has 12 heteroatoms. The lowest BCUT2D eigenvalue weighted by molar-refractivity contribution is -0.125. The molecule has 4 amide bonds. The Kier molecular flexibility index (Phi) is 8.07. The number of benzene rings is 1. The van der Waals surface area contributed by atoms with Crippen LogP contribution in [0.5, 0.6) is 5.75 Å². The number of urea groups is 1. The summed E-state index contributed by atoms with van der Waals surface area (Å²) < 4.78 is 16.8. The molecule has 4 heterocycles. The van der Waals surface area contributed by atoms with Crippen LogP contribution in [-0.4, -0.2) is 92.6 Å². The van der Waals surface area contributed by atoms with Gasteiger partial charge in [0.25, 0.3) is 11.8 Å². The highest BCUT2D eigenvalue weighted by atomic mass is 16.5. The molecule has 2 atom stereocenters. The molecule has 0 saturated carbocycles. The van der Waals surface area contributed by atoms with Gasteiger partial charge in [-0.15, -0.1) is 0 Å². The van der Waals surface area contributed by atoms with Gasteiger partial charge in [0, 0.05) is 51.6 Å². The predicted octanol–water partition coefficient (Wildman–Crippen LogP) is 0.337. The summed E-state index contributed by atoms with van der Waals surface area (Å²) in [6.07, 6.45) is 0.425. The van der Waals surface area contributed by atoms with Crippen molar-refractivity contribution in [2.24, 2.45) is 10.9 Å². The van der Waals surface area contributed by atoms with E-state index in [9.17, 15) is 14.4 Å². The van der Waals surface area contributed by atoms with Gasteiger partial charge in [0.2, 0.25) is 0 Å². The minimum absolute atomic E-state index is 0.0739. The second-order valence-electron chi connectivity index (χ2n) is 10.3. The van der Waals surface area contributed by atoms with E-state index in [4.69, 9.17) is 14.2 Å². The zero-order valence-corrected chi connectivity index (χ0v) is 23.0. The van der Waals surface area contributed by atoms with Crippen molar-refractivity contribution in [3.05, 3.63) is 40.8 Å². The van der Waals surface area contributed by atoms with Crippen LogP contribution < -0.4 is 20.7 Å². The van der Waals surface area contributed by atoms with Crippen LogP contribution in [-0.2, 0) is 32.2 Å². The van der Waals surface area contributed by atoms with Crippen LogP contribution >= 0.6 is 0 Å². The van der Waals surface area contributed by atoms with Gasteiger partial charge in [0.15, 0.2) is 11.2 Å². The SMILES string of the molecule is COC1=C(C#CC2(CN3COCc4cc(OC)ccc4C3)NC(=O)NC2=O)N=C(C(=O)N2CCNCC2)CC1C.